The molecule has 1 aliphatic heterocycles. The summed E-state index contributed by atoms with van der Waals surface area (Å²) < 4.78 is 13.1. The van der Waals surface area contributed by atoms with E-state index in [1.165, 1.54) is 0 Å². The molecule has 33 heavy (non-hydrogen) atoms. The van der Waals surface area contributed by atoms with Crippen LogP contribution in [0.4, 0.5) is 5.95 Å². The average molecular weight is 444 g/mol. The van der Waals surface area contributed by atoms with Crippen LogP contribution in [0.3, 0.4) is 0 Å². The minimum absolute atomic E-state index is 0.109. The second-order valence-corrected chi connectivity index (χ2v) is 8.01. The van der Waals surface area contributed by atoms with Gasteiger partial charge < -0.3 is 14.2 Å². The summed E-state index contributed by atoms with van der Waals surface area (Å²) >= 11 is 0. The Labute approximate surface area is 190 Å². The predicted octanol–water partition coefficient (Wildman–Crippen LogP) is 3.17. The van der Waals surface area contributed by atoms with E-state index in [4.69, 9.17) is 14.2 Å². The van der Waals surface area contributed by atoms with Crippen molar-refractivity contribution < 1.29 is 9.26 Å². The third-order valence-electron chi connectivity index (χ3n) is 5.68. The zero-order chi connectivity index (χ0) is 22.8. The van der Waals surface area contributed by atoms with Gasteiger partial charge in [-0.2, -0.15) is 4.98 Å². The van der Waals surface area contributed by atoms with Gasteiger partial charge in [0.1, 0.15) is 6.10 Å². The molecule has 0 radical (unpaired) electrons. The molecule has 168 valence electrons. The van der Waals surface area contributed by atoms with Crippen LogP contribution >= 0.6 is 0 Å². The molecule has 0 amide bonds. The SMILES string of the molecule is Cc1noc(-c2cccc([C@H]3CN(c4nc(-c5ccncc5)cc(=O)n4C)CCCO3)c2)n1. The summed E-state index contributed by atoms with van der Waals surface area (Å²) in [6.45, 7) is 3.70. The molecule has 0 saturated carbocycles. The van der Waals surface area contributed by atoms with Gasteiger partial charge in [0.25, 0.3) is 11.4 Å². The molecule has 9 heteroatoms. The number of pyridine rings is 1. The molecular formula is C24H24N6O3. The third kappa shape index (κ3) is 4.40. The Bertz CT molecular complexity index is 1320. The van der Waals surface area contributed by atoms with E-state index < -0.39 is 0 Å². The van der Waals surface area contributed by atoms with Crippen LogP contribution in [0.1, 0.15) is 23.9 Å². The standard InChI is InChI=1S/C24H24N6O3/c1-16-26-23(33-28-16)19-6-3-5-18(13-19)21-15-30(11-4-12-32-21)24-27-20(14-22(31)29(24)2)17-7-9-25-10-8-17/h3,5-10,13-14,21H,4,11-12,15H2,1-2H3/t21-/m1/s1. The Hall–Kier alpha value is -3.85. The summed E-state index contributed by atoms with van der Waals surface area (Å²) in [7, 11) is 1.75. The van der Waals surface area contributed by atoms with Gasteiger partial charge in [0.05, 0.1) is 12.2 Å². The van der Waals surface area contributed by atoms with E-state index in [1.807, 2.05) is 36.4 Å². The minimum Gasteiger partial charge on any atom is -0.372 e. The van der Waals surface area contributed by atoms with Crippen molar-refractivity contribution in [2.24, 2.45) is 7.05 Å². The van der Waals surface area contributed by atoms with E-state index >= 15 is 0 Å². The molecule has 1 aliphatic rings. The maximum atomic E-state index is 12.7. The van der Waals surface area contributed by atoms with E-state index in [0.717, 1.165) is 29.7 Å². The molecule has 1 fully saturated rings. The molecule has 1 atom stereocenters. The molecule has 0 unspecified atom stereocenters. The molecule has 5 rings (SSSR count). The highest BCUT2D eigenvalue weighted by molar-refractivity contribution is 5.59. The van der Waals surface area contributed by atoms with Crippen molar-refractivity contribution in [1.82, 2.24) is 24.7 Å². The first kappa shape index (κ1) is 21.0. The van der Waals surface area contributed by atoms with Crippen molar-refractivity contribution in [3.05, 3.63) is 76.6 Å². The fraction of sp³-hybridized carbons (Fsp3) is 0.292. The summed E-state index contributed by atoms with van der Waals surface area (Å²) in [6.07, 6.45) is 4.02. The maximum Gasteiger partial charge on any atom is 0.257 e. The zero-order valence-corrected chi connectivity index (χ0v) is 18.5. The molecule has 0 bridgehead atoms. The summed E-state index contributed by atoms with van der Waals surface area (Å²) in [5.41, 5.74) is 3.23. The maximum absolute atomic E-state index is 12.7. The number of hydrogen-bond donors (Lipinski definition) is 0. The first-order chi connectivity index (χ1) is 16.1. The Morgan fingerprint density at radius 2 is 1.91 bits per heavy atom. The van der Waals surface area contributed by atoms with E-state index in [9.17, 15) is 4.79 Å². The first-order valence-corrected chi connectivity index (χ1v) is 10.8. The molecule has 4 heterocycles. The molecule has 0 N–H and O–H groups in total. The first-order valence-electron chi connectivity index (χ1n) is 10.8. The monoisotopic (exact) mass is 444 g/mol. The molecule has 4 aromatic rings. The van der Waals surface area contributed by atoms with Gasteiger partial charge in [0, 0.05) is 49.8 Å². The van der Waals surface area contributed by atoms with Gasteiger partial charge in [-0.25, -0.2) is 4.98 Å². The van der Waals surface area contributed by atoms with E-state index in [-0.39, 0.29) is 11.7 Å². The van der Waals surface area contributed by atoms with E-state index in [0.29, 0.717) is 36.5 Å². The fourth-order valence-electron chi connectivity index (χ4n) is 3.98. The van der Waals surface area contributed by atoms with Crippen molar-refractivity contribution in [2.75, 3.05) is 24.6 Å². The smallest absolute Gasteiger partial charge is 0.257 e. The number of benzene rings is 1. The number of rotatable bonds is 4. The van der Waals surface area contributed by atoms with Gasteiger partial charge in [0.15, 0.2) is 5.82 Å². The van der Waals surface area contributed by atoms with Gasteiger partial charge in [-0.15, -0.1) is 0 Å². The summed E-state index contributed by atoms with van der Waals surface area (Å²) in [6, 6.07) is 13.2. The van der Waals surface area contributed by atoms with Gasteiger partial charge in [0.2, 0.25) is 5.95 Å². The van der Waals surface area contributed by atoms with Crippen LogP contribution in [0.2, 0.25) is 0 Å². The van der Waals surface area contributed by atoms with E-state index in [1.54, 1.807) is 37.0 Å². The second kappa shape index (κ2) is 8.95. The molecule has 9 nitrogen and oxygen atoms in total. The molecule has 0 aliphatic carbocycles. The molecular weight excluding hydrogens is 420 g/mol. The minimum atomic E-state index is -0.196. The fourth-order valence-corrected chi connectivity index (χ4v) is 3.98. The highest BCUT2D eigenvalue weighted by atomic mass is 16.5. The summed E-state index contributed by atoms with van der Waals surface area (Å²) in [4.78, 5) is 28.1. The molecule has 3 aromatic heterocycles. The van der Waals surface area contributed by atoms with Gasteiger partial charge in [-0.1, -0.05) is 17.3 Å². The Morgan fingerprint density at radius 3 is 2.70 bits per heavy atom. The van der Waals surface area contributed by atoms with E-state index in [2.05, 4.69) is 20.0 Å². The van der Waals surface area contributed by atoms with Crippen LogP contribution < -0.4 is 10.5 Å². The van der Waals surface area contributed by atoms with Gasteiger partial charge in [-0.05, 0) is 43.2 Å². The highest BCUT2D eigenvalue weighted by Gasteiger charge is 2.24. The second-order valence-electron chi connectivity index (χ2n) is 8.01. The Kier molecular flexibility index (Phi) is 5.70. The lowest BCUT2D eigenvalue weighted by Gasteiger charge is -2.27. The third-order valence-corrected chi connectivity index (χ3v) is 5.68. The summed E-state index contributed by atoms with van der Waals surface area (Å²) in [5.74, 6) is 1.69. The average Bonchev–Trinajstić information content (AvgIpc) is 3.13. The zero-order valence-electron chi connectivity index (χ0n) is 18.5. The van der Waals surface area contributed by atoms with Crippen molar-refractivity contribution >= 4 is 5.95 Å². The predicted molar refractivity (Wildman–Crippen MR) is 123 cm³/mol. The lowest BCUT2D eigenvalue weighted by molar-refractivity contribution is 0.0686. The number of ether oxygens (including phenoxy) is 1. The topological polar surface area (TPSA) is 99.2 Å². The number of aromatic nitrogens is 5. The van der Waals surface area contributed by atoms with Crippen LogP contribution in [0.5, 0.6) is 0 Å². The lowest BCUT2D eigenvalue weighted by Crippen LogP contribution is -2.34. The quantitative estimate of drug-likeness (QED) is 0.473. The van der Waals surface area contributed by atoms with Crippen molar-refractivity contribution in [2.45, 2.75) is 19.4 Å². The van der Waals surface area contributed by atoms with Crippen LogP contribution in [-0.2, 0) is 11.8 Å². The Morgan fingerprint density at radius 1 is 1.06 bits per heavy atom. The van der Waals surface area contributed by atoms with Crippen LogP contribution in [0.15, 0.2) is 64.2 Å². The van der Waals surface area contributed by atoms with Crippen molar-refractivity contribution in [1.29, 1.82) is 0 Å². The molecule has 1 saturated heterocycles. The van der Waals surface area contributed by atoms with Crippen LogP contribution in [0, 0.1) is 6.92 Å². The molecule has 0 spiro atoms. The number of nitrogens with zero attached hydrogens (tertiary/aromatic N) is 6. The van der Waals surface area contributed by atoms with Gasteiger partial charge >= 0.3 is 0 Å². The highest BCUT2D eigenvalue weighted by Crippen LogP contribution is 2.28. The molecule has 1 aromatic carbocycles. The largest absolute Gasteiger partial charge is 0.372 e. The van der Waals surface area contributed by atoms with Crippen LogP contribution in [-0.4, -0.2) is 44.4 Å². The van der Waals surface area contributed by atoms with Crippen LogP contribution in [0.25, 0.3) is 22.7 Å². The number of anilines is 1. The van der Waals surface area contributed by atoms with Crippen molar-refractivity contribution in [3.63, 3.8) is 0 Å². The van der Waals surface area contributed by atoms with Crippen molar-refractivity contribution in [3.8, 4) is 22.7 Å². The Balaban J connectivity index is 1.47. The van der Waals surface area contributed by atoms with Gasteiger partial charge in [-0.3, -0.25) is 14.3 Å². The lowest BCUT2D eigenvalue weighted by atomic mass is 10.1. The number of aryl methyl sites for hydroxylation is 1. The number of hydrogen-bond acceptors (Lipinski definition) is 8. The normalized spacial score (nSPS) is 16.5. The summed E-state index contributed by atoms with van der Waals surface area (Å²) in [5, 5.41) is 3.88.